The topological polar surface area (TPSA) is 0 Å². The summed E-state index contributed by atoms with van der Waals surface area (Å²) in [5, 5.41) is 2.61. The highest BCUT2D eigenvalue weighted by Gasteiger charge is 2.05. The molecule has 1 aromatic carbocycles. The van der Waals surface area contributed by atoms with Crippen molar-refractivity contribution in [2.75, 3.05) is 0 Å². The molecule has 2 aromatic heterocycles. The highest BCUT2D eigenvalue weighted by Crippen LogP contribution is 2.33. The fraction of sp³-hybridized carbons (Fsp3) is 0.364. The number of thiophene rings is 2. The molecular formula is C22H22S2. The van der Waals surface area contributed by atoms with Crippen molar-refractivity contribution in [3.05, 3.63) is 34.0 Å². The van der Waals surface area contributed by atoms with Crippen LogP contribution in [0.4, 0.5) is 0 Å². The maximum atomic E-state index is 3.32. The van der Waals surface area contributed by atoms with Gasteiger partial charge in [-0.25, -0.2) is 0 Å². The van der Waals surface area contributed by atoms with Gasteiger partial charge in [0.2, 0.25) is 0 Å². The molecule has 2 heteroatoms. The summed E-state index contributed by atoms with van der Waals surface area (Å²) in [6, 6.07) is 9.04. The molecule has 0 spiro atoms. The Bertz CT molecular complexity index is 821. The summed E-state index contributed by atoms with van der Waals surface area (Å²) in [4.78, 5) is 2.36. The third kappa shape index (κ3) is 4.21. The first-order valence-electron chi connectivity index (χ1n) is 8.75. The van der Waals surface area contributed by atoms with E-state index in [1.165, 1.54) is 55.6 Å². The summed E-state index contributed by atoms with van der Waals surface area (Å²) < 4.78 is 2.65. The van der Waals surface area contributed by atoms with Crippen molar-refractivity contribution in [1.82, 2.24) is 0 Å². The number of rotatable bonds is 4. The predicted molar refractivity (Wildman–Crippen MR) is 110 cm³/mol. The average molecular weight is 351 g/mol. The minimum atomic E-state index is 1.000. The zero-order valence-corrected chi connectivity index (χ0v) is 16.0. The largest absolute Gasteiger partial charge is 0.127 e. The Balaban J connectivity index is 1.84. The summed E-state index contributed by atoms with van der Waals surface area (Å²) in [6.07, 6.45) is 6.80. The molecule has 0 fully saturated rings. The van der Waals surface area contributed by atoms with Gasteiger partial charge >= 0.3 is 0 Å². The lowest BCUT2D eigenvalue weighted by atomic mass is 10.2. The van der Waals surface area contributed by atoms with E-state index in [4.69, 9.17) is 0 Å². The third-order valence-corrected chi connectivity index (χ3v) is 5.92. The quantitative estimate of drug-likeness (QED) is 0.345. The lowest BCUT2D eigenvalue weighted by molar-refractivity contribution is 0.828. The maximum Gasteiger partial charge on any atom is 0.0781 e. The summed E-state index contributed by atoms with van der Waals surface area (Å²) in [5.41, 5.74) is 0. The Morgan fingerprint density at radius 1 is 0.708 bits per heavy atom. The molecule has 0 atom stereocenters. The van der Waals surface area contributed by atoms with Gasteiger partial charge in [-0.3, -0.25) is 0 Å². The van der Waals surface area contributed by atoms with Crippen LogP contribution in [-0.4, -0.2) is 0 Å². The molecule has 3 rings (SSSR count). The van der Waals surface area contributed by atoms with Gasteiger partial charge in [0.1, 0.15) is 0 Å². The number of unbranched alkanes of at least 4 members (excludes halogenated alkanes) is 4. The van der Waals surface area contributed by atoms with E-state index in [1.807, 2.05) is 0 Å². The van der Waals surface area contributed by atoms with E-state index in [0.717, 1.165) is 12.8 Å². The Labute approximate surface area is 152 Å². The molecule has 0 aliphatic carbocycles. The van der Waals surface area contributed by atoms with Crippen LogP contribution in [0.3, 0.4) is 0 Å². The molecule has 0 aliphatic heterocycles. The van der Waals surface area contributed by atoms with E-state index in [1.54, 1.807) is 22.7 Å². The molecule has 0 aliphatic rings. The molecule has 0 saturated carbocycles. The Morgan fingerprint density at radius 2 is 1.17 bits per heavy atom. The van der Waals surface area contributed by atoms with E-state index in [-0.39, 0.29) is 0 Å². The van der Waals surface area contributed by atoms with Crippen molar-refractivity contribution in [3.63, 3.8) is 0 Å². The Morgan fingerprint density at radius 3 is 1.58 bits per heavy atom. The molecular weight excluding hydrogens is 328 g/mol. The molecule has 0 unspecified atom stereocenters. The van der Waals surface area contributed by atoms with Crippen molar-refractivity contribution >= 4 is 42.8 Å². The van der Waals surface area contributed by atoms with E-state index in [0.29, 0.717) is 0 Å². The first-order valence-corrected chi connectivity index (χ1v) is 10.4. The molecule has 122 valence electrons. The van der Waals surface area contributed by atoms with Gasteiger partial charge in [0, 0.05) is 22.2 Å². The second-order valence-electron chi connectivity index (χ2n) is 5.96. The number of benzene rings is 1. The van der Waals surface area contributed by atoms with Crippen molar-refractivity contribution in [2.24, 2.45) is 0 Å². The van der Waals surface area contributed by atoms with E-state index in [2.05, 4.69) is 61.8 Å². The maximum absolute atomic E-state index is 3.32. The van der Waals surface area contributed by atoms with Gasteiger partial charge in [0.05, 0.1) is 9.75 Å². The van der Waals surface area contributed by atoms with Gasteiger partial charge in [0.25, 0.3) is 0 Å². The fourth-order valence-electron chi connectivity index (χ4n) is 2.52. The number of hydrogen-bond acceptors (Lipinski definition) is 2. The summed E-state index contributed by atoms with van der Waals surface area (Å²) >= 11 is 3.60. The Kier molecular flexibility index (Phi) is 5.97. The average Bonchev–Trinajstić information content (AvgIpc) is 3.15. The van der Waals surface area contributed by atoms with Crippen LogP contribution in [0.25, 0.3) is 20.2 Å². The predicted octanol–water partition coefficient (Wildman–Crippen LogP) is 7.20. The first kappa shape index (κ1) is 17.1. The molecule has 3 aromatic rings. The minimum Gasteiger partial charge on any atom is -0.127 e. The van der Waals surface area contributed by atoms with Crippen molar-refractivity contribution in [2.45, 2.75) is 52.4 Å². The zero-order valence-electron chi connectivity index (χ0n) is 14.4. The SMILES string of the molecule is CCCCC#Cc1cc2cc3sc(C#CCCCC)cc3cc2s1. The molecule has 0 amide bonds. The van der Waals surface area contributed by atoms with Crippen molar-refractivity contribution in [3.8, 4) is 23.7 Å². The van der Waals surface area contributed by atoms with E-state index in [9.17, 15) is 0 Å². The third-order valence-electron chi connectivity index (χ3n) is 3.89. The van der Waals surface area contributed by atoms with Crippen LogP contribution in [0, 0.1) is 23.7 Å². The van der Waals surface area contributed by atoms with Gasteiger partial charge in [-0.2, -0.15) is 0 Å². The van der Waals surface area contributed by atoms with E-state index < -0.39 is 0 Å². The highest BCUT2D eigenvalue weighted by atomic mass is 32.1. The zero-order chi connectivity index (χ0) is 16.8. The normalized spacial score (nSPS) is 10.4. The molecule has 0 bridgehead atoms. The van der Waals surface area contributed by atoms with Crippen LogP contribution in [0.2, 0.25) is 0 Å². The second kappa shape index (κ2) is 8.39. The second-order valence-corrected chi connectivity index (χ2v) is 8.13. The lowest BCUT2D eigenvalue weighted by Gasteiger charge is -1.89. The van der Waals surface area contributed by atoms with Crippen molar-refractivity contribution < 1.29 is 0 Å². The van der Waals surface area contributed by atoms with Gasteiger partial charge in [0.15, 0.2) is 0 Å². The van der Waals surface area contributed by atoms with Crippen LogP contribution in [0.15, 0.2) is 24.3 Å². The van der Waals surface area contributed by atoms with Crippen LogP contribution in [0.1, 0.15) is 62.1 Å². The van der Waals surface area contributed by atoms with Gasteiger partial charge in [-0.05, 0) is 47.9 Å². The molecule has 0 N–H and O–H groups in total. The van der Waals surface area contributed by atoms with Crippen LogP contribution in [-0.2, 0) is 0 Å². The van der Waals surface area contributed by atoms with Gasteiger partial charge < -0.3 is 0 Å². The smallest absolute Gasteiger partial charge is 0.0781 e. The van der Waals surface area contributed by atoms with Crippen LogP contribution < -0.4 is 0 Å². The monoisotopic (exact) mass is 350 g/mol. The molecule has 0 saturated heterocycles. The molecule has 0 radical (unpaired) electrons. The fourth-order valence-corrected chi connectivity index (χ4v) is 4.46. The minimum absolute atomic E-state index is 1.000. The lowest BCUT2D eigenvalue weighted by Crippen LogP contribution is -1.67. The van der Waals surface area contributed by atoms with Gasteiger partial charge in [-0.15, -0.1) is 22.7 Å². The van der Waals surface area contributed by atoms with Crippen molar-refractivity contribution in [1.29, 1.82) is 0 Å². The van der Waals surface area contributed by atoms with E-state index >= 15 is 0 Å². The summed E-state index contributed by atoms with van der Waals surface area (Å²) in [5.74, 6) is 13.2. The highest BCUT2D eigenvalue weighted by molar-refractivity contribution is 7.21. The standard InChI is InChI=1S/C22H22S2/c1-3-5-7-9-11-19-13-17-15-22-18(16-21(17)23-19)14-20(24-22)12-10-8-6-4-2/h13-16H,3-8H2,1-2H3. The number of hydrogen-bond donors (Lipinski definition) is 0. The van der Waals surface area contributed by atoms with Crippen LogP contribution >= 0.6 is 22.7 Å². The summed E-state index contributed by atoms with van der Waals surface area (Å²) in [7, 11) is 0. The first-order chi connectivity index (χ1) is 11.8. The molecule has 2 heterocycles. The molecule has 0 nitrogen and oxygen atoms in total. The Hall–Kier alpha value is -1.74. The van der Waals surface area contributed by atoms with Gasteiger partial charge in [-0.1, -0.05) is 50.4 Å². The molecule has 24 heavy (non-hydrogen) atoms. The van der Waals surface area contributed by atoms with Crippen LogP contribution in [0.5, 0.6) is 0 Å². The number of fused-ring (bicyclic) bond motifs is 2. The summed E-state index contributed by atoms with van der Waals surface area (Å²) in [6.45, 7) is 4.41.